The van der Waals surface area contributed by atoms with Crippen LogP contribution in [0.4, 0.5) is 0 Å². The Balaban J connectivity index is 1.37. The van der Waals surface area contributed by atoms with Gasteiger partial charge in [-0.05, 0) is 65.2 Å². The molecule has 0 bridgehead atoms. The zero-order valence-corrected chi connectivity index (χ0v) is 18.0. The monoisotopic (exact) mass is 443 g/mol. The Kier molecular flexibility index (Phi) is 5.52. The number of amidine groups is 1. The summed E-state index contributed by atoms with van der Waals surface area (Å²) in [5, 5.41) is 6.76. The third-order valence-corrected chi connectivity index (χ3v) is 6.43. The fourth-order valence-electron chi connectivity index (χ4n) is 3.14. The maximum Gasteiger partial charge on any atom is 0.286 e. The van der Waals surface area contributed by atoms with E-state index in [0.29, 0.717) is 16.6 Å². The summed E-state index contributed by atoms with van der Waals surface area (Å²) in [6, 6.07) is 21.4. The molecule has 1 amide bonds. The molecule has 7 heteroatoms. The summed E-state index contributed by atoms with van der Waals surface area (Å²) in [6.45, 7) is 0.659. The lowest BCUT2D eigenvalue weighted by atomic mass is 10.1. The van der Waals surface area contributed by atoms with Crippen LogP contribution in [0.3, 0.4) is 0 Å². The van der Waals surface area contributed by atoms with Crippen molar-refractivity contribution in [3.63, 3.8) is 0 Å². The fourth-order valence-corrected chi connectivity index (χ4v) is 4.60. The van der Waals surface area contributed by atoms with Crippen LogP contribution in [-0.4, -0.2) is 16.1 Å². The highest BCUT2D eigenvalue weighted by atomic mass is 32.2. The second kappa shape index (κ2) is 8.75. The van der Waals surface area contributed by atoms with Crippen LogP contribution in [0.5, 0.6) is 11.5 Å². The molecule has 5 rings (SSSR count). The van der Waals surface area contributed by atoms with Gasteiger partial charge in [-0.25, -0.2) is 0 Å². The molecule has 0 aliphatic carbocycles. The first kappa shape index (κ1) is 19.5. The van der Waals surface area contributed by atoms with Crippen molar-refractivity contribution in [1.82, 2.24) is 10.3 Å². The van der Waals surface area contributed by atoms with Gasteiger partial charge in [0.15, 0.2) is 5.17 Å². The molecule has 2 aromatic carbocycles. The van der Waals surface area contributed by atoms with E-state index in [0.717, 1.165) is 28.0 Å². The number of benzene rings is 2. The number of amides is 1. The van der Waals surface area contributed by atoms with Crippen molar-refractivity contribution in [2.75, 3.05) is 0 Å². The van der Waals surface area contributed by atoms with E-state index in [1.54, 1.807) is 17.5 Å². The molecule has 3 heterocycles. The minimum absolute atomic E-state index is 0.231. The van der Waals surface area contributed by atoms with E-state index in [9.17, 15) is 4.79 Å². The fraction of sp³-hybridized carbons (Fsp3) is 0.0417. The van der Waals surface area contributed by atoms with Crippen molar-refractivity contribution < 1.29 is 9.53 Å². The highest BCUT2D eigenvalue weighted by Gasteiger charge is 2.21. The standard InChI is InChI=1S/C24H17N3O2S2/c28-23-22(31-24(27-23)26-15-18-7-4-12-30-18)14-16-8-9-20-19(13-16)21(10-11-25-20)29-17-5-2-1-3-6-17/h1-14H,15H2,(H,26,27,28)/b22-14-. The van der Waals surface area contributed by atoms with Gasteiger partial charge in [0.05, 0.1) is 17.0 Å². The minimum Gasteiger partial charge on any atom is -0.457 e. The smallest absolute Gasteiger partial charge is 0.286 e. The quantitative estimate of drug-likeness (QED) is 0.392. The summed E-state index contributed by atoms with van der Waals surface area (Å²) in [4.78, 5) is 22.7. The Bertz CT molecular complexity index is 1300. The van der Waals surface area contributed by atoms with Gasteiger partial charge in [0.1, 0.15) is 11.5 Å². The molecule has 5 nitrogen and oxygen atoms in total. The number of rotatable bonds is 5. The number of thiophene rings is 1. The number of carbonyl (C=O) groups is 1. The second-order valence-electron chi connectivity index (χ2n) is 6.77. The van der Waals surface area contributed by atoms with Crippen LogP contribution in [0.25, 0.3) is 17.0 Å². The number of pyridine rings is 1. The van der Waals surface area contributed by atoms with Crippen molar-refractivity contribution in [1.29, 1.82) is 0 Å². The van der Waals surface area contributed by atoms with Crippen molar-refractivity contribution in [2.24, 2.45) is 4.99 Å². The van der Waals surface area contributed by atoms with Crippen molar-refractivity contribution in [3.8, 4) is 11.5 Å². The maximum absolute atomic E-state index is 12.4. The van der Waals surface area contributed by atoms with E-state index in [1.807, 2.05) is 72.1 Å². The number of aliphatic imine (C=N–C) groups is 1. The Hall–Kier alpha value is -3.42. The molecule has 0 radical (unpaired) electrons. The number of nitrogens with zero attached hydrogens (tertiary/aromatic N) is 2. The maximum atomic E-state index is 12.4. The number of carbonyl (C=O) groups excluding carboxylic acids is 1. The van der Waals surface area contributed by atoms with Gasteiger partial charge < -0.3 is 10.1 Å². The molecular formula is C24H17N3O2S2. The van der Waals surface area contributed by atoms with Crippen molar-refractivity contribution >= 4 is 51.2 Å². The van der Waals surface area contributed by atoms with Gasteiger partial charge in [-0.2, -0.15) is 4.99 Å². The average molecular weight is 444 g/mol. The summed E-state index contributed by atoms with van der Waals surface area (Å²) >= 11 is 3.03. The van der Waals surface area contributed by atoms with E-state index in [1.165, 1.54) is 16.6 Å². The molecule has 0 saturated heterocycles. The molecule has 4 aromatic rings. The number of para-hydroxylation sites is 1. The van der Waals surface area contributed by atoms with Crippen LogP contribution in [0.15, 0.2) is 88.2 Å². The third kappa shape index (κ3) is 4.52. The van der Waals surface area contributed by atoms with Crippen LogP contribution in [0, 0.1) is 0 Å². The largest absolute Gasteiger partial charge is 0.457 e. The number of aromatic nitrogens is 1. The number of nitrogens with one attached hydrogen (secondary N) is 1. The Morgan fingerprint density at radius 2 is 1.94 bits per heavy atom. The van der Waals surface area contributed by atoms with E-state index < -0.39 is 0 Å². The molecule has 152 valence electrons. The first-order chi connectivity index (χ1) is 15.2. The molecule has 0 saturated carbocycles. The van der Waals surface area contributed by atoms with Gasteiger partial charge in [-0.3, -0.25) is 9.78 Å². The number of hydrogen-bond donors (Lipinski definition) is 1. The predicted molar refractivity (Wildman–Crippen MR) is 127 cm³/mol. The van der Waals surface area contributed by atoms with Crippen LogP contribution < -0.4 is 10.1 Å². The van der Waals surface area contributed by atoms with Gasteiger partial charge >= 0.3 is 0 Å². The third-order valence-electron chi connectivity index (χ3n) is 4.61. The highest BCUT2D eigenvalue weighted by molar-refractivity contribution is 8.18. The van der Waals surface area contributed by atoms with Crippen LogP contribution in [0.1, 0.15) is 10.4 Å². The molecule has 1 aliphatic rings. The first-order valence-corrected chi connectivity index (χ1v) is 11.3. The Morgan fingerprint density at radius 3 is 2.77 bits per heavy atom. The van der Waals surface area contributed by atoms with Gasteiger partial charge in [0.25, 0.3) is 5.91 Å². The lowest BCUT2D eigenvalue weighted by Gasteiger charge is -2.09. The van der Waals surface area contributed by atoms with E-state index >= 15 is 0 Å². The average Bonchev–Trinajstić information content (AvgIpc) is 3.43. The second-order valence-corrected chi connectivity index (χ2v) is 8.83. The summed E-state index contributed by atoms with van der Waals surface area (Å²) in [6.07, 6.45) is 3.59. The normalized spacial score (nSPS) is 14.8. The predicted octanol–water partition coefficient (Wildman–Crippen LogP) is 5.85. The van der Waals surface area contributed by atoms with E-state index in [4.69, 9.17) is 4.74 Å². The summed E-state index contributed by atoms with van der Waals surface area (Å²) in [5.41, 5.74) is 1.72. The minimum atomic E-state index is -0.231. The molecule has 0 spiro atoms. The lowest BCUT2D eigenvalue weighted by molar-refractivity contribution is -0.113. The summed E-state index contributed by atoms with van der Waals surface area (Å²) in [5.74, 6) is 1.25. The summed E-state index contributed by atoms with van der Waals surface area (Å²) in [7, 11) is 0. The van der Waals surface area contributed by atoms with Crippen molar-refractivity contribution in [3.05, 3.63) is 93.7 Å². The van der Waals surface area contributed by atoms with Gasteiger partial charge in [-0.1, -0.05) is 30.3 Å². The zero-order valence-electron chi connectivity index (χ0n) is 16.3. The van der Waals surface area contributed by atoms with Crippen LogP contribution >= 0.6 is 23.1 Å². The van der Waals surface area contributed by atoms with Gasteiger partial charge in [0.2, 0.25) is 0 Å². The Morgan fingerprint density at radius 1 is 1.03 bits per heavy atom. The van der Waals surface area contributed by atoms with Gasteiger partial charge in [-0.15, -0.1) is 11.3 Å². The molecule has 31 heavy (non-hydrogen) atoms. The van der Waals surface area contributed by atoms with Crippen molar-refractivity contribution in [2.45, 2.75) is 6.54 Å². The summed E-state index contributed by atoms with van der Waals surface area (Å²) < 4.78 is 6.06. The number of ether oxygens (including phenoxy) is 1. The molecule has 2 aromatic heterocycles. The molecular weight excluding hydrogens is 426 g/mol. The molecule has 0 atom stereocenters. The van der Waals surface area contributed by atoms with E-state index in [2.05, 4.69) is 21.4 Å². The van der Waals surface area contributed by atoms with Crippen LogP contribution in [0.2, 0.25) is 0 Å². The number of thioether (sulfide) groups is 1. The number of hydrogen-bond acceptors (Lipinski definition) is 6. The SMILES string of the molecule is O=C1N=C(NCc2cccs2)S/C1=C\c1ccc2nccc(Oc3ccccc3)c2c1. The topological polar surface area (TPSA) is 63.6 Å². The molecule has 0 unspecified atom stereocenters. The molecule has 1 N–H and O–H groups in total. The first-order valence-electron chi connectivity index (χ1n) is 9.65. The number of fused-ring (bicyclic) bond motifs is 1. The molecule has 0 fully saturated rings. The lowest BCUT2D eigenvalue weighted by Crippen LogP contribution is -2.17. The van der Waals surface area contributed by atoms with Gasteiger partial charge in [0, 0.05) is 16.5 Å². The van der Waals surface area contributed by atoms with E-state index in [-0.39, 0.29) is 5.91 Å². The zero-order chi connectivity index (χ0) is 21.0. The highest BCUT2D eigenvalue weighted by Crippen LogP contribution is 2.32. The Labute approximate surface area is 187 Å². The molecule has 1 aliphatic heterocycles. The van der Waals surface area contributed by atoms with Crippen LogP contribution in [-0.2, 0) is 11.3 Å².